The van der Waals surface area contributed by atoms with Crippen molar-refractivity contribution in [1.82, 2.24) is 4.90 Å². The predicted octanol–water partition coefficient (Wildman–Crippen LogP) is 3.62. The lowest BCUT2D eigenvalue weighted by Crippen LogP contribution is -2.48. The highest BCUT2D eigenvalue weighted by atomic mass is 35.5. The molecule has 1 saturated heterocycles. The highest BCUT2D eigenvalue weighted by Gasteiger charge is 2.25. The third-order valence-corrected chi connectivity index (χ3v) is 4.81. The van der Waals surface area contributed by atoms with Crippen molar-refractivity contribution in [2.24, 2.45) is 0 Å². The number of methoxy groups -OCH3 is 1. The van der Waals surface area contributed by atoms with Crippen LogP contribution in [0.2, 0.25) is 5.02 Å². The summed E-state index contributed by atoms with van der Waals surface area (Å²) in [4.78, 5) is 26.9. The summed E-state index contributed by atoms with van der Waals surface area (Å²) < 4.78 is 5.17. The van der Waals surface area contributed by atoms with Gasteiger partial charge in [-0.1, -0.05) is 23.7 Å². The zero-order valence-corrected chi connectivity index (χ0v) is 16.1. The SMILES string of the molecule is COc1cccc(/C=C/C(=O)N2CCN(c3ccc(Cl)cc3[N+](=O)[O-])CC2)c1. The van der Waals surface area contributed by atoms with Crippen LogP contribution >= 0.6 is 11.6 Å². The maximum atomic E-state index is 12.5. The molecule has 1 fully saturated rings. The van der Waals surface area contributed by atoms with Gasteiger partial charge in [-0.25, -0.2) is 0 Å². The number of ether oxygens (including phenoxy) is 1. The largest absolute Gasteiger partial charge is 0.497 e. The summed E-state index contributed by atoms with van der Waals surface area (Å²) in [5.74, 6) is 0.640. The second kappa shape index (κ2) is 8.75. The van der Waals surface area contributed by atoms with Crippen LogP contribution in [-0.4, -0.2) is 49.0 Å². The molecule has 0 bridgehead atoms. The fourth-order valence-electron chi connectivity index (χ4n) is 3.10. The van der Waals surface area contributed by atoms with Crippen LogP contribution < -0.4 is 9.64 Å². The average Bonchev–Trinajstić information content (AvgIpc) is 2.72. The maximum Gasteiger partial charge on any atom is 0.294 e. The Labute approximate surface area is 167 Å². The van der Waals surface area contributed by atoms with Crippen molar-refractivity contribution in [1.29, 1.82) is 0 Å². The van der Waals surface area contributed by atoms with E-state index in [1.807, 2.05) is 29.2 Å². The van der Waals surface area contributed by atoms with Crippen LogP contribution in [0.25, 0.3) is 6.08 Å². The van der Waals surface area contributed by atoms with Gasteiger partial charge < -0.3 is 14.5 Å². The zero-order valence-electron chi connectivity index (χ0n) is 15.4. The van der Waals surface area contributed by atoms with Gasteiger partial charge in [0.25, 0.3) is 5.69 Å². The van der Waals surface area contributed by atoms with Gasteiger partial charge in [0.05, 0.1) is 12.0 Å². The standard InChI is InChI=1S/C20H20ClN3O4/c1-28-17-4-2-3-15(13-17)5-8-20(25)23-11-9-22(10-12-23)18-7-6-16(21)14-19(18)24(26)27/h2-8,13-14H,9-12H2,1H3/b8-5+. The number of benzene rings is 2. The molecule has 0 radical (unpaired) electrons. The number of hydrogen-bond acceptors (Lipinski definition) is 5. The quantitative estimate of drug-likeness (QED) is 0.434. The molecule has 0 aliphatic carbocycles. The van der Waals surface area contributed by atoms with E-state index >= 15 is 0 Å². The zero-order chi connectivity index (χ0) is 20.1. The van der Waals surface area contributed by atoms with E-state index in [0.717, 1.165) is 11.3 Å². The van der Waals surface area contributed by atoms with Gasteiger partial charge in [0, 0.05) is 43.3 Å². The number of carbonyl (C=O) groups is 1. The monoisotopic (exact) mass is 401 g/mol. The minimum Gasteiger partial charge on any atom is -0.497 e. The number of carbonyl (C=O) groups excluding carboxylic acids is 1. The lowest BCUT2D eigenvalue weighted by atomic mass is 10.2. The Morgan fingerprint density at radius 1 is 1.18 bits per heavy atom. The van der Waals surface area contributed by atoms with Crippen molar-refractivity contribution >= 4 is 35.0 Å². The van der Waals surface area contributed by atoms with Crippen LogP contribution in [0.4, 0.5) is 11.4 Å². The van der Waals surface area contributed by atoms with E-state index in [4.69, 9.17) is 16.3 Å². The Morgan fingerprint density at radius 2 is 1.93 bits per heavy atom. The summed E-state index contributed by atoms with van der Waals surface area (Å²) in [6, 6.07) is 12.1. The minimum absolute atomic E-state index is 0.0230. The third-order valence-electron chi connectivity index (χ3n) is 4.58. The number of nitrogens with zero attached hydrogens (tertiary/aromatic N) is 3. The van der Waals surface area contributed by atoms with Crippen molar-refractivity contribution in [3.05, 3.63) is 69.2 Å². The number of halogens is 1. The molecule has 7 nitrogen and oxygen atoms in total. The van der Waals surface area contributed by atoms with Crippen LogP contribution in [0.3, 0.4) is 0 Å². The molecule has 8 heteroatoms. The molecule has 1 heterocycles. The van der Waals surface area contributed by atoms with Gasteiger partial charge in [0.15, 0.2) is 0 Å². The first-order chi connectivity index (χ1) is 13.5. The lowest BCUT2D eigenvalue weighted by Gasteiger charge is -2.35. The normalized spacial score (nSPS) is 14.4. The number of rotatable bonds is 5. The topological polar surface area (TPSA) is 75.9 Å². The number of piperazine rings is 1. The van der Waals surface area contributed by atoms with Crippen LogP contribution in [0, 0.1) is 10.1 Å². The summed E-state index contributed by atoms with van der Waals surface area (Å²) in [5, 5.41) is 11.6. The van der Waals surface area contributed by atoms with Crippen molar-refractivity contribution in [3.8, 4) is 5.75 Å². The number of nitro groups is 1. The maximum absolute atomic E-state index is 12.5. The van der Waals surface area contributed by atoms with Gasteiger partial charge in [-0.3, -0.25) is 14.9 Å². The van der Waals surface area contributed by atoms with Gasteiger partial charge in [0.2, 0.25) is 5.91 Å². The minimum atomic E-state index is -0.435. The van der Waals surface area contributed by atoms with E-state index in [0.29, 0.717) is 36.9 Å². The molecule has 1 aliphatic heterocycles. The molecule has 0 atom stereocenters. The molecule has 28 heavy (non-hydrogen) atoms. The molecule has 2 aromatic rings. The number of anilines is 1. The Morgan fingerprint density at radius 3 is 2.61 bits per heavy atom. The number of amides is 1. The molecular formula is C20H20ClN3O4. The Balaban J connectivity index is 1.63. The molecule has 146 valence electrons. The first-order valence-corrected chi connectivity index (χ1v) is 9.15. The van der Waals surface area contributed by atoms with Crippen molar-refractivity contribution in [3.63, 3.8) is 0 Å². The average molecular weight is 402 g/mol. The molecule has 1 amide bonds. The first kappa shape index (κ1) is 19.7. The van der Waals surface area contributed by atoms with E-state index in [9.17, 15) is 14.9 Å². The fourth-order valence-corrected chi connectivity index (χ4v) is 3.26. The van der Waals surface area contributed by atoms with Crippen molar-refractivity contribution in [2.45, 2.75) is 0 Å². The van der Waals surface area contributed by atoms with Gasteiger partial charge in [-0.05, 0) is 35.9 Å². The summed E-state index contributed by atoms with van der Waals surface area (Å²) in [6.45, 7) is 2.00. The van der Waals surface area contributed by atoms with E-state index < -0.39 is 4.92 Å². The highest BCUT2D eigenvalue weighted by molar-refractivity contribution is 6.30. The molecule has 0 aromatic heterocycles. The molecule has 0 unspecified atom stereocenters. The van der Waals surface area contributed by atoms with Gasteiger partial charge in [-0.15, -0.1) is 0 Å². The predicted molar refractivity (Wildman–Crippen MR) is 109 cm³/mol. The summed E-state index contributed by atoms with van der Waals surface area (Å²) in [5.41, 5.74) is 1.38. The summed E-state index contributed by atoms with van der Waals surface area (Å²) in [7, 11) is 1.60. The van der Waals surface area contributed by atoms with Crippen LogP contribution in [0.5, 0.6) is 5.75 Å². The van der Waals surface area contributed by atoms with Crippen molar-refractivity contribution < 1.29 is 14.5 Å². The number of nitro benzene ring substituents is 1. The lowest BCUT2D eigenvalue weighted by molar-refractivity contribution is -0.384. The Hall–Kier alpha value is -3.06. The molecule has 0 saturated carbocycles. The summed E-state index contributed by atoms with van der Waals surface area (Å²) >= 11 is 5.88. The van der Waals surface area contributed by atoms with E-state index in [1.165, 1.54) is 12.1 Å². The molecule has 3 rings (SSSR count). The summed E-state index contributed by atoms with van der Waals surface area (Å²) in [6.07, 6.45) is 3.29. The first-order valence-electron chi connectivity index (χ1n) is 8.78. The molecular weight excluding hydrogens is 382 g/mol. The van der Waals surface area contributed by atoms with Crippen molar-refractivity contribution in [2.75, 3.05) is 38.2 Å². The van der Waals surface area contributed by atoms with Gasteiger partial charge in [0.1, 0.15) is 11.4 Å². The molecule has 0 spiro atoms. The van der Waals surface area contributed by atoms with E-state index in [-0.39, 0.29) is 11.6 Å². The molecule has 0 N–H and O–H groups in total. The van der Waals surface area contributed by atoms with Crippen LogP contribution in [0.15, 0.2) is 48.5 Å². The smallest absolute Gasteiger partial charge is 0.294 e. The highest BCUT2D eigenvalue weighted by Crippen LogP contribution is 2.31. The Kier molecular flexibility index (Phi) is 6.16. The number of hydrogen-bond donors (Lipinski definition) is 0. The molecule has 1 aliphatic rings. The Bertz CT molecular complexity index is 908. The van der Waals surface area contributed by atoms with E-state index in [2.05, 4.69) is 0 Å². The fraction of sp³-hybridized carbons (Fsp3) is 0.250. The van der Waals surface area contributed by atoms with E-state index in [1.54, 1.807) is 30.2 Å². The van der Waals surface area contributed by atoms with Crippen LogP contribution in [0.1, 0.15) is 5.56 Å². The van der Waals surface area contributed by atoms with Gasteiger partial charge in [-0.2, -0.15) is 0 Å². The second-order valence-electron chi connectivity index (χ2n) is 6.31. The second-order valence-corrected chi connectivity index (χ2v) is 6.75. The third kappa shape index (κ3) is 4.61. The molecule has 2 aromatic carbocycles. The van der Waals surface area contributed by atoms with Gasteiger partial charge >= 0.3 is 0 Å². The van der Waals surface area contributed by atoms with Crippen LogP contribution in [-0.2, 0) is 4.79 Å².